The molecule has 0 atom stereocenters. The highest BCUT2D eigenvalue weighted by atomic mass is 35.5. The van der Waals surface area contributed by atoms with Crippen LogP contribution in [0.3, 0.4) is 0 Å². The molecule has 0 radical (unpaired) electrons. The molecule has 0 bridgehead atoms. The van der Waals surface area contributed by atoms with Crippen molar-refractivity contribution < 1.29 is 13.5 Å². The van der Waals surface area contributed by atoms with Crippen molar-refractivity contribution in [2.45, 2.75) is 45.7 Å². The first kappa shape index (κ1) is 24.2. The molecule has 0 spiro atoms. The summed E-state index contributed by atoms with van der Waals surface area (Å²) in [7, 11) is -4.17. The van der Waals surface area contributed by atoms with E-state index >= 15 is 0 Å². The molecule has 1 aliphatic rings. The molecule has 0 saturated carbocycles. The molecule has 32 heavy (non-hydrogen) atoms. The largest absolute Gasteiger partial charge is 0.505 e. The van der Waals surface area contributed by atoms with Gasteiger partial charge in [-0.3, -0.25) is 4.72 Å². The Bertz CT molecular complexity index is 1220. The molecule has 1 aliphatic heterocycles. The van der Waals surface area contributed by atoms with E-state index in [1.165, 1.54) is 23.3 Å². The van der Waals surface area contributed by atoms with Crippen molar-refractivity contribution in [3.63, 3.8) is 0 Å². The molecule has 0 aliphatic carbocycles. The lowest BCUT2D eigenvalue weighted by Gasteiger charge is -2.24. The molecule has 0 fully saturated rings. The topological polar surface area (TPSA) is 69.6 Å². The standard InChI is InChI=1S/C24H26Cl2N2O3S/c1-5-8-15(2)23(27-32(30,31)22-12-20(25)11-21(26)24(22)29)16(3)17(4)28-13-18-9-6-7-10-19(18)14-28/h5-12,27,29H,13-14H2,1-4H3/b8-5+,17-16+,23-15+. The molecule has 170 valence electrons. The summed E-state index contributed by atoms with van der Waals surface area (Å²) in [5.74, 6) is -0.542. The lowest BCUT2D eigenvalue weighted by Crippen LogP contribution is -2.27. The predicted molar refractivity (Wildman–Crippen MR) is 130 cm³/mol. The van der Waals surface area contributed by atoms with E-state index in [2.05, 4.69) is 21.8 Å². The molecule has 0 saturated heterocycles. The first-order chi connectivity index (χ1) is 15.0. The zero-order valence-electron chi connectivity index (χ0n) is 18.4. The summed E-state index contributed by atoms with van der Waals surface area (Å²) in [6, 6.07) is 10.7. The summed E-state index contributed by atoms with van der Waals surface area (Å²) in [5.41, 5.74) is 5.42. The van der Waals surface area contributed by atoms with E-state index in [1.807, 2.05) is 52.0 Å². The zero-order chi connectivity index (χ0) is 23.6. The van der Waals surface area contributed by atoms with Crippen molar-refractivity contribution in [3.8, 4) is 5.75 Å². The third-order valence-electron chi connectivity index (χ3n) is 5.56. The number of aromatic hydroxyl groups is 1. The number of hydrogen-bond donors (Lipinski definition) is 2. The monoisotopic (exact) mass is 492 g/mol. The Kier molecular flexibility index (Phi) is 7.28. The van der Waals surface area contributed by atoms with Crippen LogP contribution in [-0.4, -0.2) is 18.4 Å². The van der Waals surface area contributed by atoms with Crippen molar-refractivity contribution in [3.05, 3.63) is 92.3 Å². The maximum absolute atomic E-state index is 13.2. The van der Waals surface area contributed by atoms with E-state index < -0.39 is 15.8 Å². The van der Waals surface area contributed by atoms with Crippen molar-refractivity contribution >= 4 is 33.2 Å². The van der Waals surface area contributed by atoms with Gasteiger partial charge in [-0.05, 0) is 62.1 Å². The number of phenolic OH excluding ortho intramolecular Hbond substituents is 1. The molecule has 2 N–H and O–H groups in total. The fourth-order valence-electron chi connectivity index (χ4n) is 3.71. The number of phenols is 1. The summed E-state index contributed by atoms with van der Waals surface area (Å²) < 4.78 is 29.1. The summed E-state index contributed by atoms with van der Waals surface area (Å²) in [6.07, 6.45) is 3.67. The Morgan fingerprint density at radius 1 is 1.09 bits per heavy atom. The molecule has 0 unspecified atom stereocenters. The lowest BCUT2D eigenvalue weighted by atomic mass is 10.1. The number of fused-ring (bicyclic) bond motifs is 1. The van der Waals surface area contributed by atoms with Crippen LogP contribution in [0.2, 0.25) is 10.0 Å². The summed E-state index contributed by atoms with van der Waals surface area (Å²) >= 11 is 11.9. The summed E-state index contributed by atoms with van der Waals surface area (Å²) in [4.78, 5) is 1.84. The van der Waals surface area contributed by atoms with Crippen LogP contribution in [0, 0.1) is 0 Å². The third kappa shape index (κ3) is 4.98. The zero-order valence-corrected chi connectivity index (χ0v) is 20.7. The minimum atomic E-state index is -4.17. The molecule has 0 amide bonds. The fraction of sp³-hybridized carbons (Fsp3) is 0.250. The molecule has 5 nitrogen and oxygen atoms in total. The van der Waals surface area contributed by atoms with Gasteiger partial charge in [0.15, 0.2) is 5.75 Å². The predicted octanol–water partition coefficient (Wildman–Crippen LogP) is 6.14. The minimum Gasteiger partial charge on any atom is -0.505 e. The van der Waals surface area contributed by atoms with Crippen LogP contribution in [0.4, 0.5) is 0 Å². The van der Waals surface area contributed by atoms with Gasteiger partial charge in [0.05, 0.1) is 10.7 Å². The quantitative estimate of drug-likeness (QED) is 0.475. The van der Waals surface area contributed by atoms with Gasteiger partial charge in [0.2, 0.25) is 0 Å². The Balaban J connectivity index is 2.03. The van der Waals surface area contributed by atoms with Gasteiger partial charge in [-0.25, -0.2) is 8.42 Å². The van der Waals surface area contributed by atoms with Crippen molar-refractivity contribution in [2.75, 3.05) is 0 Å². The fourth-order valence-corrected chi connectivity index (χ4v) is 5.66. The summed E-state index contributed by atoms with van der Waals surface area (Å²) in [5, 5.41) is 10.3. The second kappa shape index (κ2) is 9.61. The summed E-state index contributed by atoms with van der Waals surface area (Å²) in [6.45, 7) is 9.07. The molecular weight excluding hydrogens is 467 g/mol. The molecule has 1 heterocycles. The van der Waals surface area contributed by atoms with Gasteiger partial charge < -0.3 is 10.0 Å². The first-order valence-corrected chi connectivity index (χ1v) is 12.3. The smallest absolute Gasteiger partial charge is 0.265 e. The molecule has 3 rings (SSSR count). The average molecular weight is 493 g/mol. The van der Waals surface area contributed by atoms with Crippen molar-refractivity contribution in [1.29, 1.82) is 0 Å². The van der Waals surface area contributed by atoms with Gasteiger partial charge in [0.1, 0.15) is 4.90 Å². The van der Waals surface area contributed by atoms with Crippen molar-refractivity contribution in [1.82, 2.24) is 9.62 Å². The van der Waals surface area contributed by atoms with Gasteiger partial charge in [0, 0.05) is 23.8 Å². The number of hydrogen-bond acceptors (Lipinski definition) is 4. The Morgan fingerprint density at radius 3 is 2.25 bits per heavy atom. The van der Waals surface area contributed by atoms with Crippen LogP contribution in [-0.2, 0) is 23.1 Å². The first-order valence-electron chi connectivity index (χ1n) is 10.1. The number of allylic oxidation sites excluding steroid dienone is 5. The Labute approximate surface area is 199 Å². The number of rotatable bonds is 6. The highest BCUT2D eigenvalue weighted by molar-refractivity contribution is 7.89. The third-order valence-corrected chi connectivity index (χ3v) is 7.43. The van der Waals surface area contributed by atoms with Crippen LogP contribution in [0.1, 0.15) is 38.8 Å². The highest BCUT2D eigenvalue weighted by Crippen LogP contribution is 2.35. The molecule has 8 heteroatoms. The van der Waals surface area contributed by atoms with E-state index in [1.54, 1.807) is 0 Å². The van der Waals surface area contributed by atoms with E-state index in [-0.39, 0.29) is 14.9 Å². The van der Waals surface area contributed by atoms with Gasteiger partial charge in [-0.15, -0.1) is 0 Å². The number of benzene rings is 2. The second-order valence-corrected chi connectivity index (χ2v) is 10.2. The second-order valence-electron chi connectivity index (χ2n) is 7.73. The van der Waals surface area contributed by atoms with Crippen LogP contribution in [0.5, 0.6) is 5.75 Å². The van der Waals surface area contributed by atoms with Crippen LogP contribution in [0.25, 0.3) is 0 Å². The van der Waals surface area contributed by atoms with Gasteiger partial charge >= 0.3 is 0 Å². The number of nitrogens with zero attached hydrogens (tertiary/aromatic N) is 1. The highest BCUT2D eigenvalue weighted by Gasteiger charge is 2.26. The minimum absolute atomic E-state index is 0.113. The average Bonchev–Trinajstić information content (AvgIpc) is 3.18. The van der Waals surface area contributed by atoms with Crippen LogP contribution in [0.15, 0.2) is 76.0 Å². The normalized spacial score (nSPS) is 15.5. The van der Waals surface area contributed by atoms with Crippen LogP contribution >= 0.6 is 23.2 Å². The number of nitrogens with one attached hydrogen (secondary N) is 1. The maximum atomic E-state index is 13.2. The number of sulfonamides is 1. The van der Waals surface area contributed by atoms with Gasteiger partial charge in [-0.2, -0.15) is 0 Å². The Morgan fingerprint density at radius 2 is 1.69 bits per heavy atom. The van der Waals surface area contributed by atoms with Crippen LogP contribution < -0.4 is 4.72 Å². The molecule has 2 aromatic carbocycles. The van der Waals surface area contributed by atoms with Crippen molar-refractivity contribution in [2.24, 2.45) is 0 Å². The number of halogens is 2. The van der Waals surface area contributed by atoms with Gasteiger partial charge in [-0.1, -0.05) is 59.6 Å². The lowest BCUT2D eigenvalue weighted by molar-refractivity contribution is 0.360. The van der Waals surface area contributed by atoms with E-state index in [0.717, 1.165) is 29.9 Å². The van der Waals surface area contributed by atoms with Gasteiger partial charge in [0.25, 0.3) is 10.0 Å². The van der Waals surface area contributed by atoms with E-state index in [9.17, 15) is 13.5 Å². The molecule has 0 aromatic heterocycles. The van der Waals surface area contributed by atoms with E-state index in [0.29, 0.717) is 5.70 Å². The molecular formula is C24H26Cl2N2O3S. The SMILES string of the molecule is C/C=C/C(C)=C(NS(=O)(=O)c1cc(Cl)cc(Cl)c1O)\C(C)=C(/C)N1Cc2ccccc2C1. The maximum Gasteiger partial charge on any atom is 0.265 e. The molecule has 2 aromatic rings. The van der Waals surface area contributed by atoms with E-state index in [4.69, 9.17) is 23.2 Å². The Hall–Kier alpha value is -2.41.